The van der Waals surface area contributed by atoms with E-state index in [0.717, 1.165) is 11.1 Å². The number of benzene rings is 2. The van der Waals surface area contributed by atoms with Crippen LogP contribution in [0.5, 0.6) is 0 Å². The third-order valence-corrected chi connectivity index (χ3v) is 5.42. The van der Waals surface area contributed by atoms with Gasteiger partial charge < -0.3 is 5.32 Å². The van der Waals surface area contributed by atoms with Crippen LogP contribution >= 0.6 is 0 Å². The molecule has 1 amide bonds. The molecule has 2 rings (SSSR count). The van der Waals surface area contributed by atoms with E-state index in [2.05, 4.69) is 5.32 Å². The van der Waals surface area contributed by atoms with Crippen LogP contribution in [0.2, 0.25) is 0 Å². The van der Waals surface area contributed by atoms with Gasteiger partial charge in [-0.2, -0.15) is 0 Å². The zero-order chi connectivity index (χ0) is 19.5. The Kier molecular flexibility index (Phi) is 5.76. The van der Waals surface area contributed by atoms with Crippen molar-refractivity contribution in [2.75, 3.05) is 10.8 Å². The Morgan fingerprint density at radius 1 is 1.00 bits per heavy atom. The van der Waals surface area contributed by atoms with Crippen molar-refractivity contribution in [3.63, 3.8) is 0 Å². The van der Waals surface area contributed by atoms with E-state index in [0.29, 0.717) is 5.69 Å². The normalized spacial score (nSPS) is 11.9. The lowest BCUT2D eigenvalue weighted by molar-refractivity contribution is -0.121. The third-order valence-electron chi connectivity index (χ3n) is 3.63. The number of carbonyl (C=O) groups excluding carboxylic acids is 1. The fourth-order valence-corrected chi connectivity index (χ4v) is 4.14. The molecule has 0 aliphatic rings. The Balaban J connectivity index is 2.50. The van der Waals surface area contributed by atoms with Crippen molar-refractivity contribution in [2.45, 2.75) is 45.1 Å². The Labute approximate surface area is 156 Å². The van der Waals surface area contributed by atoms with Crippen LogP contribution in [-0.2, 0) is 14.8 Å². The third kappa shape index (κ3) is 5.08. The molecule has 0 aliphatic carbocycles. The Hall–Kier alpha value is -2.34. The second-order valence-electron chi connectivity index (χ2n) is 7.47. The summed E-state index contributed by atoms with van der Waals surface area (Å²) in [5.41, 5.74) is 1.91. The number of sulfonamides is 1. The van der Waals surface area contributed by atoms with Gasteiger partial charge in [-0.3, -0.25) is 9.10 Å². The van der Waals surface area contributed by atoms with Crippen LogP contribution in [0.1, 0.15) is 31.9 Å². The molecule has 26 heavy (non-hydrogen) atoms. The number of aryl methyl sites for hydroxylation is 2. The molecule has 0 spiro atoms. The summed E-state index contributed by atoms with van der Waals surface area (Å²) in [4.78, 5) is 12.6. The average molecular weight is 375 g/mol. The number of rotatable bonds is 5. The van der Waals surface area contributed by atoms with Gasteiger partial charge in [0.15, 0.2) is 0 Å². The maximum Gasteiger partial charge on any atom is 0.264 e. The molecule has 0 radical (unpaired) electrons. The van der Waals surface area contributed by atoms with Crippen molar-refractivity contribution in [1.82, 2.24) is 5.32 Å². The topological polar surface area (TPSA) is 66.5 Å². The van der Waals surface area contributed by atoms with Crippen LogP contribution < -0.4 is 9.62 Å². The van der Waals surface area contributed by atoms with Crippen molar-refractivity contribution in [3.8, 4) is 0 Å². The van der Waals surface area contributed by atoms with Crippen LogP contribution in [0.15, 0.2) is 53.4 Å². The highest BCUT2D eigenvalue weighted by molar-refractivity contribution is 7.92. The van der Waals surface area contributed by atoms with E-state index >= 15 is 0 Å². The van der Waals surface area contributed by atoms with Gasteiger partial charge in [0.2, 0.25) is 5.91 Å². The van der Waals surface area contributed by atoms with E-state index < -0.39 is 15.6 Å². The molecule has 0 bridgehead atoms. The molecule has 2 aromatic carbocycles. The fraction of sp³-hybridized carbons (Fsp3) is 0.350. The van der Waals surface area contributed by atoms with Gasteiger partial charge in [0.05, 0.1) is 10.6 Å². The summed E-state index contributed by atoms with van der Waals surface area (Å²) in [6.45, 7) is 9.10. The molecule has 2 aromatic rings. The predicted octanol–water partition coefficient (Wildman–Crippen LogP) is 3.41. The van der Waals surface area contributed by atoms with Crippen LogP contribution in [-0.4, -0.2) is 26.4 Å². The maximum absolute atomic E-state index is 13.2. The van der Waals surface area contributed by atoms with Gasteiger partial charge in [0, 0.05) is 5.54 Å². The predicted molar refractivity (Wildman–Crippen MR) is 105 cm³/mol. The van der Waals surface area contributed by atoms with Crippen molar-refractivity contribution < 1.29 is 13.2 Å². The molecule has 0 heterocycles. The molecule has 0 saturated heterocycles. The van der Waals surface area contributed by atoms with Crippen molar-refractivity contribution in [3.05, 3.63) is 59.7 Å². The van der Waals surface area contributed by atoms with E-state index in [1.165, 1.54) is 16.4 Å². The molecule has 0 saturated carbocycles. The van der Waals surface area contributed by atoms with E-state index in [-0.39, 0.29) is 17.3 Å². The highest BCUT2D eigenvalue weighted by Gasteiger charge is 2.28. The first-order valence-corrected chi connectivity index (χ1v) is 9.90. The zero-order valence-corrected chi connectivity index (χ0v) is 16.7. The minimum atomic E-state index is -3.87. The Bertz CT molecular complexity index is 865. The Morgan fingerprint density at radius 2 is 1.54 bits per heavy atom. The Morgan fingerprint density at radius 3 is 2.04 bits per heavy atom. The molecular formula is C20H26N2O3S. The van der Waals surface area contributed by atoms with Crippen molar-refractivity contribution in [1.29, 1.82) is 0 Å². The highest BCUT2D eigenvalue weighted by atomic mass is 32.2. The van der Waals surface area contributed by atoms with Gasteiger partial charge in [-0.15, -0.1) is 0 Å². The average Bonchev–Trinajstić information content (AvgIpc) is 2.50. The zero-order valence-electron chi connectivity index (χ0n) is 15.9. The summed E-state index contributed by atoms with van der Waals surface area (Å²) in [6, 6.07) is 13.7. The molecule has 5 nitrogen and oxygen atoms in total. The van der Waals surface area contributed by atoms with Crippen LogP contribution in [0, 0.1) is 13.8 Å². The smallest absolute Gasteiger partial charge is 0.264 e. The van der Waals surface area contributed by atoms with Gasteiger partial charge in [0.1, 0.15) is 6.54 Å². The van der Waals surface area contributed by atoms with Crippen molar-refractivity contribution >= 4 is 21.6 Å². The number of anilines is 1. The SMILES string of the molecule is Cc1cc(C)cc(N(CC(=O)NC(C)(C)C)S(=O)(=O)c2ccccc2)c1. The summed E-state index contributed by atoms with van der Waals surface area (Å²) in [6.07, 6.45) is 0. The quantitative estimate of drug-likeness (QED) is 0.872. The van der Waals surface area contributed by atoms with Crippen LogP contribution in [0.25, 0.3) is 0 Å². The first-order chi connectivity index (χ1) is 12.0. The van der Waals surface area contributed by atoms with Crippen molar-refractivity contribution in [2.24, 2.45) is 0 Å². The number of amides is 1. The number of nitrogens with zero attached hydrogens (tertiary/aromatic N) is 1. The molecule has 0 aliphatic heterocycles. The summed E-state index contributed by atoms with van der Waals surface area (Å²) >= 11 is 0. The lowest BCUT2D eigenvalue weighted by Crippen LogP contribution is -2.47. The van der Waals surface area contributed by atoms with Crippen LogP contribution in [0.3, 0.4) is 0 Å². The number of carbonyl (C=O) groups is 1. The maximum atomic E-state index is 13.2. The molecule has 0 fully saturated rings. The molecule has 0 atom stereocenters. The highest BCUT2D eigenvalue weighted by Crippen LogP contribution is 2.25. The number of hydrogen-bond acceptors (Lipinski definition) is 3. The number of nitrogens with one attached hydrogen (secondary N) is 1. The second-order valence-corrected chi connectivity index (χ2v) is 9.33. The van der Waals surface area contributed by atoms with Gasteiger partial charge in [-0.1, -0.05) is 24.3 Å². The summed E-state index contributed by atoms with van der Waals surface area (Å²) in [5, 5.41) is 2.83. The summed E-state index contributed by atoms with van der Waals surface area (Å²) in [5.74, 6) is -0.351. The fourth-order valence-electron chi connectivity index (χ4n) is 2.72. The first kappa shape index (κ1) is 20.0. The van der Waals surface area contributed by atoms with E-state index in [9.17, 15) is 13.2 Å². The summed E-state index contributed by atoms with van der Waals surface area (Å²) < 4.78 is 27.6. The molecule has 140 valence electrons. The molecule has 6 heteroatoms. The first-order valence-electron chi connectivity index (χ1n) is 8.46. The molecule has 0 aromatic heterocycles. The van der Waals surface area contributed by atoms with E-state index in [4.69, 9.17) is 0 Å². The molecular weight excluding hydrogens is 348 g/mol. The van der Waals surface area contributed by atoms with Gasteiger partial charge >= 0.3 is 0 Å². The lowest BCUT2D eigenvalue weighted by atomic mass is 10.1. The standard InChI is InChI=1S/C20H26N2O3S/c1-15-11-16(2)13-17(12-15)22(14-19(23)21-20(3,4)5)26(24,25)18-9-7-6-8-10-18/h6-13H,14H2,1-5H3,(H,21,23). The van der Waals surface area contributed by atoms with Gasteiger partial charge in [-0.25, -0.2) is 8.42 Å². The number of hydrogen-bond donors (Lipinski definition) is 1. The monoisotopic (exact) mass is 374 g/mol. The lowest BCUT2D eigenvalue weighted by Gasteiger charge is -2.27. The molecule has 1 N–H and O–H groups in total. The van der Waals surface area contributed by atoms with Gasteiger partial charge in [0.25, 0.3) is 10.0 Å². The van der Waals surface area contributed by atoms with E-state index in [1.807, 2.05) is 40.7 Å². The van der Waals surface area contributed by atoms with E-state index in [1.54, 1.807) is 30.3 Å². The minimum absolute atomic E-state index is 0.155. The second kappa shape index (κ2) is 7.50. The minimum Gasteiger partial charge on any atom is -0.350 e. The molecule has 0 unspecified atom stereocenters. The largest absolute Gasteiger partial charge is 0.350 e. The van der Waals surface area contributed by atoms with Crippen LogP contribution in [0.4, 0.5) is 5.69 Å². The summed E-state index contributed by atoms with van der Waals surface area (Å²) in [7, 11) is -3.87. The van der Waals surface area contributed by atoms with Gasteiger partial charge in [-0.05, 0) is 70.0 Å².